The molecule has 2 N–H and O–H groups in total. The van der Waals surface area contributed by atoms with E-state index in [9.17, 15) is 14.4 Å². The van der Waals surface area contributed by atoms with Crippen molar-refractivity contribution in [2.45, 2.75) is 18.9 Å². The van der Waals surface area contributed by atoms with Crippen molar-refractivity contribution in [3.05, 3.63) is 24.3 Å². The second-order valence-corrected chi connectivity index (χ2v) is 5.30. The summed E-state index contributed by atoms with van der Waals surface area (Å²) in [5.41, 5.74) is 0.737. The first-order valence-electron chi connectivity index (χ1n) is 7.57. The number of carboxylic acid groups (broad SMARTS) is 1. The van der Waals surface area contributed by atoms with Crippen LogP contribution >= 0.6 is 0 Å². The number of nitrogens with zero attached hydrogens (tertiary/aromatic N) is 1. The van der Waals surface area contributed by atoms with Gasteiger partial charge in [-0.2, -0.15) is 0 Å². The molecular weight excluding hydrogens is 316 g/mol. The van der Waals surface area contributed by atoms with Gasteiger partial charge in [-0.3, -0.25) is 9.59 Å². The van der Waals surface area contributed by atoms with E-state index in [1.807, 2.05) is 6.07 Å². The largest absolute Gasteiger partial charge is 0.484 e. The third-order valence-electron chi connectivity index (χ3n) is 3.62. The molecule has 1 aromatic rings. The van der Waals surface area contributed by atoms with E-state index in [1.165, 1.54) is 7.11 Å². The number of benzene rings is 1. The Balaban J connectivity index is 1.84. The molecule has 24 heavy (non-hydrogen) atoms. The Labute approximate surface area is 139 Å². The molecule has 8 nitrogen and oxygen atoms in total. The SMILES string of the molecule is COC(CNC(=O)COc1cccc(N2CCCC2=O)c1)C(=O)O. The number of carboxylic acids is 1. The molecule has 1 aliphatic rings. The number of rotatable bonds is 8. The van der Waals surface area contributed by atoms with Crippen LogP contribution in [-0.2, 0) is 19.1 Å². The first-order chi connectivity index (χ1) is 11.5. The van der Waals surface area contributed by atoms with Gasteiger partial charge in [-0.05, 0) is 18.6 Å². The van der Waals surface area contributed by atoms with Crippen LogP contribution in [0.1, 0.15) is 12.8 Å². The van der Waals surface area contributed by atoms with Gasteiger partial charge in [-0.1, -0.05) is 6.07 Å². The van der Waals surface area contributed by atoms with E-state index in [-0.39, 0.29) is 19.1 Å². The molecule has 1 unspecified atom stereocenters. The summed E-state index contributed by atoms with van der Waals surface area (Å²) in [6.45, 7) is 0.278. The molecular formula is C16H20N2O6. The number of anilines is 1. The van der Waals surface area contributed by atoms with Gasteiger partial charge < -0.3 is 24.8 Å². The Bertz CT molecular complexity index is 618. The van der Waals surface area contributed by atoms with E-state index >= 15 is 0 Å². The Hall–Kier alpha value is -2.61. The summed E-state index contributed by atoms with van der Waals surface area (Å²) >= 11 is 0. The third-order valence-corrected chi connectivity index (χ3v) is 3.62. The van der Waals surface area contributed by atoms with Crippen LogP contribution < -0.4 is 15.0 Å². The highest BCUT2D eigenvalue weighted by Crippen LogP contribution is 2.25. The van der Waals surface area contributed by atoms with E-state index in [4.69, 9.17) is 14.6 Å². The van der Waals surface area contributed by atoms with Gasteiger partial charge in [-0.25, -0.2) is 4.79 Å². The van der Waals surface area contributed by atoms with Gasteiger partial charge in [0.05, 0.1) is 6.54 Å². The Morgan fingerprint density at radius 1 is 1.42 bits per heavy atom. The minimum absolute atomic E-state index is 0.0733. The fourth-order valence-electron chi connectivity index (χ4n) is 2.34. The molecule has 0 radical (unpaired) electrons. The molecule has 1 aromatic carbocycles. The predicted molar refractivity (Wildman–Crippen MR) is 85.0 cm³/mol. The van der Waals surface area contributed by atoms with Crippen molar-refractivity contribution >= 4 is 23.5 Å². The standard InChI is InChI=1S/C16H20N2O6/c1-23-13(16(21)22)9-17-14(19)10-24-12-5-2-4-11(8-12)18-7-3-6-15(18)20/h2,4-5,8,13H,3,6-7,9-10H2,1H3,(H,17,19)(H,21,22). The monoisotopic (exact) mass is 336 g/mol. The number of hydrogen-bond donors (Lipinski definition) is 2. The molecule has 1 heterocycles. The quantitative estimate of drug-likeness (QED) is 0.712. The lowest BCUT2D eigenvalue weighted by Crippen LogP contribution is -2.39. The van der Waals surface area contributed by atoms with Gasteiger partial charge >= 0.3 is 5.97 Å². The summed E-state index contributed by atoms with van der Waals surface area (Å²) < 4.78 is 10.1. The summed E-state index contributed by atoms with van der Waals surface area (Å²) in [5, 5.41) is 11.2. The second kappa shape index (κ2) is 8.30. The highest BCUT2D eigenvalue weighted by molar-refractivity contribution is 5.95. The van der Waals surface area contributed by atoms with Crippen molar-refractivity contribution in [3.63, 3.8) is 0 Å². The van der Waals surface area contributed by atoms with Crippen LogP contribution in [0.15, 0.2) is 24.3 Å². The van der Waals surface area contributed by atoms with Crippen molar-refractivity contribution in [3.8, 4) is 5.75 Å². The van der Waals surface area contributed by atoms with Crippen molar-refractivity contribution in [1.29, 1.82) is 0 Å². The molecule has 2 rings (SSSR count). The molecule has 130 valence electrons. The van der Waals surface area contributed by atoms with Crippen LogP contribution in [0.3, 0.4) is 0 Å². The molecule has 1 atom stereocenters. The van der Waals surface area contributed by atoms with Crippen LogP contribution in [0.4, 0.5) is 5.69 Å². The minimum atomic E-state index is -1.15. The molecule has 0 bridgehead atoms. The number of methoxy groups -OCH3 is 1. The lowest BCUT2D eigenvalue weighted by Gasteiger charge is -2.17. The molecule has 0 aliphatic carbocycles. The van der Waals surface area contributed by atoms with E-state index < -0.39 is 18.0 Å². The normalized spacial score (nSPS) is 15.2. The summed E-state index contributed by atoms with van der Waals surface area (Å²) in [6.07, 6.45) is 0.271. The van der Waals surface area contributed by atoms with E-state index in [2.05, 4.69) is 5.32 Å². The topological polar surface area (TPSA) is 105 Å². The lowest BCUT2D eigenvalue weighted by atomic mass is 10.3. The predicted octanol–water partition coefficient (Wildman–Crippen LogP) is 0.408. The smallest absolute Gasteiger partial charge is 0.334 e. The molecule has 1 fully saturated rings. The first kappa shape index (κ1) is 17.7. The fraction of sp³-hybridized carbons (Fsp3) is 0.438. The van der Waals surface area contributed by atoms with Gasteiger partial charge in [-0.15, -0.1) is 0 Å². The Kier molecular flexibility index (Phi) is 6.14. The number of nitrogens with one attached hydrogen (secondary N) is 1. The molecule has 0 spiro atoms. The van der Waals surface area contributed by atoms with Crippen molar-refractivity contribution < 1.29 is 29.0 Å². The minimum Gasteiger partial charge on any atom is -0.484 e. The zero-order valence-electron chi connectivity index (χ0n) is 13.4. The molecule has 0 aromatic heterocycles. The van der Waals surface area contributed by atoms with Crippen molar-refractivity contribution in [2.75, 3.05) is 31.7 Å². The second-order valence-electron chi connectivity index (χ2n) is 5.30. The van der Waals surface area contributed by atoms with Gasteiger partial charge in [0.2, 0.25) is 5.91 Å². The zero-order valence-corrected chi connectivity index (χ0v) is 13.4. The van der Waals surface area contributed by atoms with Crippen LogP contribution in [0, 0.1) is 0 Å². The molecule has 8 heteroatoms. The third kappa shape index (κ3) is 4.69. The first-order valence-corrected chi connectivity index (χ1v) is 7.57. The van der Waals surface area contributed by atoms with Crippen molar-refractivity contribution in [2.24, 2.45) is 0 Å². The number of hydrogen-bond acceptors (Lipinski definition) is 5. The van der Waals surface area contributed by atoms with E-state index in [0.717, 1.165) is 12.1 Å². The number of amides is 2. The Morgan fingerprint density at radius 2 is 2.21 bits per heavy atom. The maximum absolute atomic E-state index is 11.7. The maximum Gasteiger partial charge on any atom is 0.334 e. The van der Waals surface area contributed by atoms with Gasteiger partial charge in [0.15, 0.2) is 12.7 Å². The summed E-state index contributed by atoms with van der Waals surface area (Å²) in [6, 6.07) is 6.95. The van der Waals surface area contributed by atoms with Gasteiger partial charge in [0.1, 0.15) is 5.75 Å². The molecule has 2 amide bonds. The summed E-state index contributed by atoms with van der Waals surface area (Å²) in [7, 11) is 1.26. The average molecular weight is 336 g/mol. The van der Waals surface area contributed by atoms with Gasteiger partial charge in [0.25, 0.3) is 5.91 Å². The Morgan fingerprint density at radius 3 is 2.83 bits per heavy atom. The summed E-state index contributed by atoms with van der Waals surface area (Å²) in [4.78, 5) is 35.9. The van der Waals surface area contributed by atoms with Crippen molar-refractivity contribution in [1.82, 2.24) is 5.32 Å². The highest BCUT2D eigenvalue weighted by Gasteiger charge is 2.22. The number of ether oxygens (including phenoxy) is 2. The van der Waals surface area contributed by atoms with Crippen LogP contribution in [0.5, 0.6) is 5.75 Å². The van der Waals surface area contributed by atoms with E-state index in [0.29, 0.717) is 18.7 Å². The fourth-order valence-corrected chi connectivity index (χ4v) is 2.34. The highest BCUT2D eigenvalue weighted by atomic mass is 16.5. The summed E-state index contributed by atoms with van der Waals surface area (Å²) in [5.74, 6) is -1.07. The molecule has 1 saturated heterocycles. The zero-order chi connectivity index (χ0) is 17.5. The molecule has 1 aliphatic heterocycles. The maximum atomic E-state index is 11.7. The van der Waals surface area contributed by atoms with Gasteiger partial charge in [0, 0.05) is 31.8 Å². The number of carbonyl (C=O) groups is 3. The van der Waals surface area contributed by atoms with E-state index in [1.54, 1.807) is 23.1 Å². The number of aliphatic carboxylic acids is 1. The average Bonchev–Trinajstić information content (AvgIpc) is 2.99. The molecule has 0 saturated carbocycles. The van der Waals surface area contributed by atoms with Crippen LogP contribution in [-0.4, -0.2) is 55.8 Å². The van der Waals surface area contributed by atoms with Crippen LogP contribution in [0.2, 0.25) is 0 Å². The van der Waals surface area contributed by atoms with Crippen LogP contribution in [0.25, 0.3) is 0 Å². The lowest BCUT2D eigenvalue weighted by molar-refractivity contribution is -0.148. The number of carbonyl (C=O) groups excluding carboxylic acids is 2.